The average molecular weight is 175 g/mol. The molecule has 1 saturated heterocycles. The zero-order chi connectivity index (χ0) is 7.40. The van der Waals surface area contributed by atoms with E-state index in [1.54, 1.807) is 0 Å². The summed E-state index contributed by atoms with van der Waals surface area (Å²) in [5, 5.41) is 0. The van der Waals surface area contributed by atoms with E-state index in [0.29, 0.717) is 0 Å². The second kappa shape index (κ2) is 4.19. The molecule has 3 heteroatoms. The van der Waals surface area contributed by atoms with Crippen molar-refractivity contribution in [3.63, 3.8) is 0 Å². The molecule has 0 amide bonds. The van der Waals surface area contributed by atoms with Crippen LogP contribution in [0.5, 0.6) is 0 Å². The Morgan fingerprint density at radius 2 is 2.20 bits per heavy atom. The van der Waals surface area contributed by atoms with Gasteiger partial charge in [-0.15, -0.1) is 0 Å². The highest BCUT2D eigenvalue weighted by Gasteiger charge is 2.10. The van der Waals surface area contributed by atoms with Gasteiger partial charge in [0.2, 0.25) is 0 Å². The second-order valence-electron chi connectivity index (χ2n) is 2.61. The molecule has 0 atom stereocenters. The van der Waals surface area contributed by atoms with Gasteiger partial charge in [-0.05, 0) is 19.3 Å². The number of hydrogen-bond donors (Lipinski definition) is 1. The van der Waals surface area contributed by atoms with Gasteiger partial charge in [0.1, 0.15) is 0 Å². The smallest absolute Gasteiger partial charge is 0.0786 e. The monoisotopic (exact) mass is 175 g/mol. The van der Waals surface area contributed by atoms with Gasteiger partial charge in [0, 0.05) is 6.54 Å². The summed E-state index contributed by atoms with van der Waals surface area (Å²) in [6.45, 7) is 1.11. The maximum Gasteiger partial charge on any atom is 0.0786 e. The van der Waals surface area contributed by atoms with Gasteiger partial charge in [-0.3, -0.25) is 0 Å². The zero-order valence-corrected chi connectivity index (χ0v) is 7.76. The number of hydrogen-bond acceptors (Lipinski definition) is 2. The standard InChI is InChI=1S/C7H13NS2/c9-6-8-5-3-1-2-4-7(8)10/h9H,1-6H2. The lowest BCUT2D eigenvalue weighted by atomic mass is 10.2. The number of rotatable bonds is 1. The van der Waals surface area contributed by atoms with Gasteiger partial charge in [0.05, 0.1) is 10.9 Å². The average Bonchev–Trinajstić information content (AvgIpc) is 2.13. The summed E-state index contributed by atoms with van der Waals surface area (Å²) in [5.41, 5.74) is 0. The van der Waals surface area contributed by atoms with Crippen LogP contribution in [0.1, 0.15) is 25.7 Å². The lowest BCUT2D eigenvalue weighted by Gasteiger charge is -2.19. The van der Waals surface area contributed by atoms with Crippen molar-refractivity contribution < 1.29 is 0 Å². The van der Waals surface area contributed by atoms with Crippen LogP contribution >= 0.6 is 24.8 Å². The fourth-order valence-electron chi connectivity index (χ4n) is 1.19. The first kappa shape index (κ1) is 8.34. The molecule has 1 nitrogen and oxygen atoms in total. The van der Waals surface area contributed by atoms with Crippen molar-refractivity contribution in [3.05, 3.63) is 0 Å². The van der Waals surface area contributed by atoms with Crippen molar-refractivity contribution in [2.24, 2.45) is 0 Å². The van der Waals surface area contributed by atoms with Crippen molar-refractivity contribution in [2.45, 2.75) is 25.7 Å². The van der Waals surface area contributed by atoms with Crippen LogP contribution in [0.4, 0.5) is 0 Å². The van der Waals surface area contributed by atoms with Crippen LogP contribution < -0.4 is 0 Å². The molecule has 0 N–H and O–H groups in total. The van der Waals surface area contributed by atoms with E-state index in [1.165, 1.54) is 19.3 Å². The molecular weight excluding hydrogens is 162 g/mol. The van der Waals surface area contributed by atoms with Crippen molar-refractivity contribution in [1.29, 1.82) is 0 Å². The van der Waals surface area contributed by atoms with Crippen molar-refractivity contribution in [2.75, 3.05) is 12.4 Å². The molecule has 58 valence electrons. The molecule has 1 aliphatic heterocycles. The Hall–Kier alpha value is 0.240. The molecule has 0 unspecified atom stereocenters. The van der Waals surface area contributed by atoms with Gasteiger partial charge in [-0.2, -0.15) is 12.6 Å². The normalized spacial score (nSPS) is 20.9. The minimum atomic E-state index is 0.791. The Morgan fingerprint density at radius 3 is 2.90 bits per heavy atom. The van der Waals surface area contributed by atoms with Gasteiger partial charge in [-0.1, -0.05) is 18.6 Å². The fourth-order valence-corrected chi connectivity index (χ4v) is 1.90. The first-order valence-corrected chi connectivity index (χ1v) is 4.77. The molecule has 0 aromatic carbocycles. The molecule has 1 heterocycles. The number of thiol groups is 1. The summed E-state index contributed by atoms with van der Waals surface area (Å²) in [5.74, 6) is 0.791. The van der Waals surface area contributed by atoms with E-state index >= 15 is 0 Å². The van der Waals surface area contributed by atoms with Crippen molar-refractivity contribution in [3.8, 4) is 0 Å². The lowest BCUT2D eigenvalue weighted by molar-refractivity contribution is 0.487. The molecule has 0 radical (unpaired) electrons. The van der Waals surface area contributed by atoms with Crippen LogP contribution in [0.25, 0.3) is 0 Å². The topological polar surface area (TPSA) is 3.24 Å². The minimum absolute atomic E-state index is 0.791. The van der Waals surface area contributed by atoms with E-state index in [2.05, 4.69) is 17.5 Å². The first-order chi connectivity index (χ1) is 4.84. The Bertz CT molecular complexity index is 125. The fraction of sp³-hybridized carbons (Fsp3) is 0.857. The number of thiocarbonyl (C=S) groups is 1. The van der Waals surface area contributed by atoms with Crippen LogP contribution in [-0.4, -0.2) is 22.3 Å². The van der Waals surface area contributed by atoms with Gasteiger partial charge < -0.3 is 4.90 Å². The largest absolute Gasteiger partial charge is 0.357 e. The minimum Gasteiger partial charge on any atom is -0.357 e. The Balaban J connectivity index is 2.43. The molecule has 0 aliphatic carbocycles. The van der Waals surface area contributed by atoms with E-state index in [0.717, 1.165) is 23.8 Å². The van der Waals surface area contributed by atoms with Crippen LogP contribution in [0.2, 0.25) is 0 Å². The molecule has 1 fully saturated rings. The SMILES string of the molecule is S=C1CCCCCN1CS. The predicted octanol–water partition coefficient (Wildman–Crippen LogP) is 2.08. The quantitative estimate of drug-likeness (QED) is 0.480. The van der Waals surface area contributed by atoms with E-state index in [-0.39, 0.29) is 0 Å². The molecule has 0 saturated carbocycles. The summed E-state index contributed by atoms with van der Waals surface area (Å²) < 4.78 is 0. The second-order valence-corrected chi connectivity index (χ2v) is 3.36. The third-order valence-electron chi connectivity index (χ3n) is 1.84. The maximum absolute atomic E-state index is 5.19. The van der Waals surface area contributed by atoms with Gasteiger partial charge >= 0.3 is 0 Å². The molecule has 0 spiro atoms. The van der Waals surface area contributed by atoms with Gasteiger partial charge in [0.15, 0.2) is 0 Å². The first-order valence-electron chi connectivity index (χ1n) is 3.73. The zero-order valence-electron chi connectivity index (χ0n) is 6.05. The molecule has 1 rings (SSSR count). The van der Waals surface area contributed by atoms with Gasteiger partial charge in [0.25, 0.3) is 0 Å². The van der Waals surface area contributed by atoms with E-state index in [9.17, 15) is 0 Å². The third kappa shape index (κ3) is 2.13. The molecular formula is C7H13NS2. The summed E-state index contributed by atoms with van der Waals surface area (Å²) >= 11 is 9.40. The summed E-state index contributed by atoms with van der Waals surface area (Å²) in [6.07, 6.45) is 4.96. The Morgan fingerprint density at radius 1 is 1.40 bits per heavy atom. The van der Waals surface area contributed by atoms with Crippen molar-refractivity contribution >= 4 is 29.8 Å². The van der Waals surface area contributed by atoms with Crippen LogP contribution in [0.15, 0.2) is 0 Å². The van der Waals surface area contributed by atoms with Gasteiger partial charge in [-0.25, -0.2) is 0 Å². The van der Waals surface area contributed by atoms with E-state index < -0.39 is 0 Å². The van der Waals surface area contributed by atoms with E-state index in [1.807, 2.05) is 0 Å². The third-order valence-corrected chi connectivity index (χ3v) is 2.65. The molecule has 0 aromatic heterocycles. The van der Waals surface area contributed by atoms with E-state index in [4.69, 9.17) is 12.2 Å². The summed E-state index contributed by atoms with van der Waals surface area (Å²) in [4.78, 5) is 3.29. The maximum atomic E-state index is 5.19. The highest BCUT2D eigenvalue weighted by molar-refractivity contribution is 7.81. The Labute approximate surface area is 73.2 Å². The van der Waals surface area contributed by atoms with Crippen molar-refractivity contribution in [1.82, 2.24) is 4.90 Å². The highest BCUT2D eigenvalue weighted by atomic mass is 32.1. The molecule has 0 aromatic rings. The summed E-state index contributed by atoms with van der Waals surface area (Å²) in [6, 6.07) is 0. The Kier molecular flexibility index (Phi) is 3.49. The summed E-state index contributed by atoms with van der Waals surface area (Å²) in [7, 11) is 0. The molecule has 10 heavy (non-hydrogen) atoms. The molecule has 0 bridgehead atoms. The number of likely N-dealkylation sites (tertiary alicyclic amines) is 1. The molecule has 1 aliphatic rings. The van der Waals surface area contributed by atoms with Crippen LogP contribution in [0.3, 0.4) is 0 Å². The number of nitrogens with zero attached hydrogens (tertiary/aromatic N) is 1. The van der Waals surface area contributed by atoms with Crippen LogP contribution in [0, 0.1) is 0 Å². The lowest BCUT2D eigenvalue weighted by Crippen LogP contribution is -2.27. The highest BCUT2D eigenvalue weighted by Crippen LogP contribution is 2.12. The predicted molar refractivity (Wildman–Crippen MR) is 51.6 cm³/mol. The van der Waals surface area contributed by atoms with Crippen LogP contribution in [-0.2, 0) is 0 Å².